The lowest BCUT2D eigenvalue weighted by Crippen LogP contribution is -2.42. The van der Waals surface area contributed by atoms with Gasteiger partial charge in [0, 0.05) is 18.3 Å². The smallest absolute Gasteiger partial charge is 0.247 e. The van der Waals surface area contributed by atoms with Crippen LogP contribution >= 0.6 is 0 Å². The zero-order valence-electron chi connectivity index (χ0n) is 10.6. The van der Waals surface area contributed by atoms with Gasteiger partial charge < -0.3 is 16.4 Å². The van der Waals surface area contributed by atoms with Crippen LogP contribution in [0.25, 0.3) is 6.08 Å². The number of likely N-dealkylation sites (tertiary alicyclic amines) is 1. The van der Waals surface area contributed by atoms with Crippen LogP contribution in [-0.2, 0) is 9.59 Å². The normalized spacial score (nSPS) is 18.9. The van der Waals surface area contributed by atoms with E-state index in [1.54, 1.807) is 18.2 Å². The molecule has 0 radical (unpaired) electrons. The van der Waals surface area contributed by atoms with Gasteiger partial charge in [0.25, 0.3) is 0 Å². The fraction of sp³-hybridized carbons (Fsp3) is 0.286. The minimum Gasteiger partial charge on any atom is -0.399 e. The van der Waals surface area contributed by atoms with Crippen LogP contribution in [0.5, 0.6) is 0 Å². The Morgan fingerprint density at radius 1 is 1.37 bits per heavy atom. The first-order valence-electron chi connectivity index (χ1n) is 6.21. The number of nitrogen functional groups attached to an aromatic ring is 1. The Morgan fingerprint density at radius 2 is 2.16 bits per heavy atom. The van der Waals surface area contributed by atoms with Crippen LogP contribution < -0.4 is 11.5 Å². The Hall–Kier alpha value is -2.30. The largest absolute Gasteiger partial charge is 0.399 e. The van der Waals surface area contributed by atoms with Crippen LogP contribution in [0.1, 0.15) is 18.4 Å². The van der Waals surface area contributed by atoms with Gasteiger partial charge in [0.1, 0.15) is 6.04 Å². The molecule has 1 unspecified atom stereocenters. The molecule has 100 valence electrons. The molecule has 1 aliphatic rings. The Morgan fingerprint density at radius 3 is 2.84 bits per heavy atom. The van der Waals surface area contributed by atoms with Crippen molar-refractivity contribution >= 4 is 23.6 Å². The van der Waals surface area contributed by atoms with Crippen LogP contribution in [0.2, 0.25) is 0 Å². The molecule has 5 heteroatoms. The highest BCUT2D eigenvalue weighted by Crippen LogP contribution is 2.17. The number of carbonyl (C=O) groups is 2. The van der Waals surface area contributed by atoms with Crippen molar-refractivity contribution in [2.75, 3.05) is 12.3 Å². The van der Waals surface area contributed by atoms with Gasteiger partial charge >= 0.3 is 0 Å². The summed E-state index contributed by atoms with van der Waals surface area (Å²) in [6, 6.07) is 6.76. The second kappa shape index (κ2) is 5.56. The number of anilines is 1. The van der Waals surface area contributed by atoms with Crippen molar-refractivity contribution in [3.05, 3.63) is 35.9 Å². The maximum Gasteiger partial charge on any atom is 0.247 e. The second-order valence-electron chi connectivity index (χ2n) is 4.60. The first-order valence-corrected chi connectivity index (χ1v) is 6.21. The first-order chi connectivity index (χ1) is 9.08. The monoisotopic (exact) mass is 259 g/mol. The van der Waals surface area contributed by atoms with E-state index in [9.17, 15) is 9.59 Å². The molecule has 1 fully saturated rings. The van der Waals surface area contributed by atoms with E-state index in [4.69, 9.17) is 11.5 Å². The molecule has 1 atom stereocenters. The van der Waals surface area contributed by atoms with Gasteiger partial charge in [0.2, 0.25) is 11.8 Å². The number of rotatable bonds is 3. The molecule has 0 aromatic heterocycles. The van der Waals surface area contributed by atoms with Crippen molar-refractivity contribution in [1.29, 1.82) is 0 Å². The molecular formula is C14H17N3O2. The molecular weight excluding hydrogens is 242 g/mol. The predicted octanol–water partition coefficient (Wildman–Crippen LogP) is 0.758. The maximum atomic E-state index is 12.0. The summed E-state index contributed by atoms with van der Waals surface area (Å²) >= 11 is 0. The van der Waals surface area contributed by atoms with Crippen LogP contribution in [-0.4, -0.2) is 29.3 Å². The number of hydrogen-bond acceptors (Lipinski definition) is 3. The molecule has 0 saturated carbocycles. The summed E-state index contributed by atoms with van der Waals surface area (Å²) in [7, 11) is 0. The van der Waals surface area contributed by atoms with Crippen molar-refractivity contribution in [3.63, 3.8) is 0 Å². The lowest BCUT2D eigenvalue weighted by atomic mass is 10.2. The van der Waals surface area contributed by atoms with E-state index in [0.717, 1.165) is 12.0 Å². The molecule has 1 aliphatic heterocycles. The topological polar surface area (TPSA) is 89.4 Å². The van der Waals surface area contributed by atoms with Crippen molar-refractivity contribution < 1.29 is 9.59 Å². The molecule has 19 heavy (non-hydrogen) atoms. The molecule has 0 aliphatic carbocycles. The summed E-state index contributed by atoms with van der Waals surface area (Å²) in [6.45, 7) is 0.577. The van der Waals surface area contributed by atoms with Crippen LogP contribution in [0.15, 0.2) is 30.3 Å². The fourth-order valence-corrected chi connectivity index (χ4v) is 2.25. The van der Waals surface area contributed by atoms with Crippen LogP contribution in [0.3, 0.4) is 0 Å². The van der Waals surface area contributed by atoms with Crippen molar-refractivity contribution in [2.45, 2.75) is 18.9 Å². The summed E-state index contributed by atoms with van der Waals surface area (Å²) in [6.07, 6.45) is 4.60. The molecule has 5 nitrogen and oxygen atoms in total. The Balaban J connectivity index is 2.06. The summed E-state index contributed by atoms with van der Waals surface area (Å²) in [5, 5.41) is 0. The van der Waals surface area contributed by atoms with Crippen molar-refractivity contribution in [3.8, 4) is 0 Å². The lowest BCUT2D eigenvalue weighted by Gasteiger charge is -2.20. The number of primary amides is 1. The molecule has 4 N–H and O–H groups in total. The van der Waals surface area contributed by atoms with Crippen molar-refractivity contribution in [1.82, 2.24) is 4.90 Å². The van der Waals surface area contributed by atoms with E-state index in [0.29, 0.717) is 18.7 Å². The fourth-order valence-electron chi connectivity index (χ4n) is 2.25. The average molecular weight is 259 g/mol. The molecule has 1 aromatic carbocycles. The molecule has 2 rings (SSSR count). The van der Waals surface area contributed by atoms with Gasteiger partial charge in [-0.15, -0.1) is 0 Å². The van der Waals surface area contributed by atoms with Crippen LogP contribution in [0, 0.1) is 0 Å². The van der Waals surface area contributed by atoms with Gasteiger partial charge in [-0.05, 0) is 36.6 Å². The summed E-state index contributed by atoms with van der Waals surface area (Å²) in [5.74, 6) is -0.632. The summed E-state index contributed by atoms with van der Waals surface area (Å²) in [4.78, 5) is 24.8. The summed E-state index contributed by atoms with van der Waals surface area (Å²) in [5.41, 5.74) is 12.4. The quantitative estimate of drug-likeness (QED) is 0.620. The van der Waals surface area contributed by atoms with Gasteiger partial charge in [-0.3, -0.25) is 9.59 Å². The van der Waals surface area contributed by atoms with Gasteiger partial charge in [0.05, 0.1) is 0 Å². The van der Waals surface area contributed by atoms with Gasteiger partial charge in [-0.2, -0.15) is 0 Å². The second-order valence-corrected chi connectivity index (χ2v) is 4.60. The van der Waals surface area contributed by atoms with E-state index in [1.807, 2.05) is 12.1 Å². The van der Waals surface area contributed by atoms with Gasteiger partial charge in [0.15, 0.2) is 0 Å². The molecule has 1 heterocycles. The predicted molar refractivity (Wildman–Crippen MR) is 73.8 cm³/mol. The standard InChI is InChI=1S/C14H17N3O2/c15-11-4-1-3-10(9-11)6-7-13(18)17-8-2-5-12(17)14(16)19/h1,3-4,6-7,9,12H,2,5,8,15H2,(H2,16,19)/b7-6+. The minimum atomic E-state index is -0.474. The number of nitrogens with zero attached hydrogens (tertiary/aromatic N) is 1. The first kappa shape index (κ1) is 13.1. The highest BCUT2D eigenvalue weighted by molar-refractivity contribution is 5.95. The number of amides is 2. The van der Waals surface area contributed by atoms with Gasteiger partial charge in [-0.25, -0.2) is 0 Å². The molecule has 0 spiro atoms. The van der Waals surface area contributed by atoms with E-state index in [2.05, 4.69) is 0 Å². The Bertz CT molecular complexity index is 525. The van der Waals surface area contributed by atoms with Crippen LogP contribution in [0.4, 0.5) is 5.69 Å². The molecule has 1 saturated heterocycles. The number of carbonyl (C=O) groups excluding carboxylic acids is 2. The van der Waals surface area contributed by atoms with Gasteiger partial charge in [-0.1, -0.05) is 12.1 Å². The maximum absolute atomic E-state index is 12.0. The zero-order chi connectivity index (χ0) is 13.8. The van der Waals surface area contributed by atoms with E-state index in [1.165, 1.54) is 11.0 Å². The number of benzene rings is 1. The highest BCUT2D eigenvalue weighted by atomic mass is 16.2. The summed E-state index contributed by atoms with van der Waals surface area (Å²) < 4.78 is 0. The Labute approximate surface area is 111 Å². The average Bonchev–Trinajstić information content (AvgIpc) is 2.85. The van der Waals surface area contributed by atoms with E-state index >= 15 is 0 Å². The SMILES string of the molecule is NC(=O)C1CCCN1C(=O)/C=C/c1cccc(N)c1. The number of hydrogen-bond donors (Lipinski definition) is 2. The molecule has 2 amide bonds. The minimum absolute atomic E-state index is 0.191. The number of nitrogens with two attached hydrogens (primary N) is 2. The highest BCUT2D eigenvalue weighted by Gasteiger charge is 2.31. The molecule has 0 bridgehead atoms. The Kier molecular flexibility index (Phi) is 3.85. The molecule has 1 aromatic rings. The lowest BCUT2D eigenvalue weighted by molar-refractivity contribution is -0.133. The third-order valence-electron chi connectivity index (χ3n) is 3.19. The zero-order valence-corrected chi connectivity index (χ0v) is 10.6. The third-order valence-corrected chi connectivity index (χ3v) is 3.19. The van der Waals surface area contributed by atoms with E-state index < -0.39 is 11.9 Å². The van der Waals surface area contributed by atoms with Crippen molar-refractivity contribution in [2.24, 2.45) is 5.73 Å². The van der Waals surface area contributed by atoms with E-state index in [-0.39, 0.29) is 5.91 Å². The third kappa shape index (κ3) is 3.13.